The lowest BCUT2D eigenvalue weighted by Gasteiger charge is -2.49. The van der Waals surface area contributed by atoms with Crippen LogP contribution in [-0.2, 0) is 32.8 Å². The molecule has 1 saturated carbocycles. The molecule has 10 rings (SSSR count). The van der Waals surface area contributed by atoms with Crippen molar-refractivity contribution in [3.63, 3.8) is 0 Å². The zero-order valence-electron chi connectivity index (χ0n) is 32.6. The number of benzene rings is 3. The van der Waals surface area contributed by atoms with E-state index >= 15 is 4.79 Å². The van der Waals surface area contributed by atoms with Crippen molar-refractivity contribution in [2.24, 2.45) is 36.1 Å². The minimum absolute atomic E-state index is 0.0918. The van der Waals surface area contributed by atoms with Gasteiger partial charge in [-0.2, -0.15) is 5.10 Å². The second kappa shape index (κ2) is 13.7. The summed E-state index contributed by atoms with van der Waals surface area (Å²) < 4.78 is 2.66. The minimum Gasteiger partial charge on any atom is -0.508 e. The highest BCUT2D eigenvalue weighted by Crippen LogP contribution is 2.64. The number of amides is 4. The number of aromatic nitrogens is 2. The molecule has 58 heavy (non-hydrogen) atoms. The van der Waals surface area contributed by atoms with E-state index in [2.05, 4.69) is 23.1 Å². The third kappa shape index (κ3) is 5.57. The van der Waals surface area contributed by atoms with Gasteiger partial charge in [-0.25, -0.2) is 4.90 Å². The first-order chi connectivity index (χ1) is 27.9. The van der Waals surface area contributed by atoms with Crippen LogP contribution < -0.4 is 4.90 Å². The Bertz CT molecular complexity index is 2560. The molecule has 3 aliphatic heterocycles. The number of carbonyl (C=O) groups is 4. The summed E-state index contributed by atoms with van der Waals surface area (Å²) in [6.07, 6.45) is 4.20. The van der Waals surface area contributed by atoms with Crippen LogP contribution in [0.3, 0.4) is 0 Å². The summed E-state index contributed by atoms with van der Waals surface area (Å²) in [4.78, 5) is 65.2. The largest absolute Gasteiger partial charge is 0.508 e. The van der Waals surface area contributed by atoms with E-state index in [0.29, 0.717) is 23.0 Å². The van der Waals surface area contributed by atoms with Gasteiger partial charge in [-0.15, -0.1) is 11.3 Å². The Balaban J connectivity index is 0.981. The smallest absolute Gasteiger partial charge is 0.242 e. The third-order valence-corrected chi connectivity index (χ3v) is 15.5. The van der Waals surface area contributed by atoms with Crippen LogP contribution in [0.25, 0.3) is 20.7 Å². The van der Waals surface area contributed by atoms with Gasteiger partial charge in [0.1, 0.15) is 17.3 Å². The molecular weight excluding hydrogens is 770 g/mol. The SMILES string of the molecule is Cc1c(-c2cc(N3C(=O)C4CC5C(=CCC6C(=O)N(C7CCN(Cc8ccccc8)CC7)C(=O)C65)C(c5ccc(O)cc5)C4(C)C3=O)n(C)n2)sc2ccc(Cl)cc12. The fourth-order valence-electron chi connectivity index (χ4n) is 11.1. The van der Waals surface area contributed by atoms with E-state index in [0.717, 1.165) is 64.1 Å². The number of thiophene rings is 1. The number of rotatable bonds is 6. The molecule has 10 nitrogen and oxygen atoms in total. The van der Waals surface area contributed by atoms with Gasteiger partial charge in [0.15, 0.2) is 0 Å². The number of aryl methyl sites for hydroxylation is 2. The molecule has 4 amide bonds. The molecule has 6 atom stereocenters. The van der Waals surface area contributed by atoms with Crippen molar-refractivity contribution in [1.82, 2.24) is 19.6 Å². The van der Waals surface area contributed by atoms with E-state index in [1.807, 2.05) is 68.4 Å². The monoisotopic (exact) mass is 813 g/mol. The number of carbonyl (C=O) groups excluding carboxylic acids is 4. The molecule has 296 valence electrons. The Hall–Kier alpha value is -5.10. The highest BCUT2D eigenvalue weighted by molar-refractivity contribution is 7.22. The number of piperidine rings is 1. The zero-order chi connectivity index (χ0) is 40.2. The van der Waals surface area contributed by atoms with Gasteiger partial charge in [-0.1, -0.05) is 65.7 Å². The number of fused-ring (bicyclic) bond motifs is 5. The molecule has 5 aromatic rings. The molecule has 6 unspecified atom stereocenters. The van der Waals surface area contributed by atoms with E-state index in [1.165, 1.54) is 10.5 Å². The van der Waals surface area contributed by atoms with Crippen molar-refractivity contribution in [3.05, 3.63) is 112 Å². The maximum atomic E-state index is 15.1. The lowest BCUT2D eigenvalue weighted by Crippen LogP contribution is -2.49. The van der Waals surface area contributed by atoms with Crippen molar-refractivity contribution >= 4 is 62.5 Å². The average Bonchev–Trinajstić information content (AvgIpc) is 3.89. The number of phenols is 1. The number of hydrogen-bond acceptors (Lipinski definition) is 8. The number of allylic oxidation sites excluding steroid dienone is 2. The first kappa shape index (κ1) is 37.2. The molecule has 3 aromatic carbocycles. The maximum absolute atomic E-state index is 15.1. The Morgan fingerprint density at radius 1 is 0.914 bits per heavy atom. The molecule has 2 aromatic heterocycles. The molecule has 5 aliphatic rings. The minimum atomic E-state index is -1.20. The fraction of sp³-hybridized carbons (Fsp3) is 0.370. The van der Waals surface area contributed by atoms with Gasteiger partial charge >= 0.3 is 0 Å². The predicted octanol–water partition coefficient (Wildman–Crippen LogP) is 7.86. The number of imide groups is 2. The van der Waals surface area contributed by atoms with Crippen LogP contribution in [0, 0.1) is 36.0 Å². The fourth-order valence-corrected chi connectivity index (χ4v) is 12.4. The molecule has 0 radical (unpaired) electrons. The van der Waals surface area contributed by atoms with E-state index in [1.54, 1.807) is 40.1 Å². The number of phenolic OH excluding ortho intramolecular Hbond substituents is 1. The van der Waals surface area contributed by atoms with Crippen LogP contribution in [-0.4, -0.2) is 67.4 Å². The molecule has 2 aliphatic carbocycles. The third-order valence-electron chi connectivity index (χ3n) is 13.9. The lowest BCUT2D eigenvalue weighted by atomic mass is 9.51. The van der Waals surface area contributed by atoms with Gasteiger partial charge in [-0.3, -0.25) is 33.7 Å². The molecule has 5 heterocycles. The Labute approximate surface area is 345 Å². The summed E-state index contributed by atoms with van der Waals surface area (Å²) in [6, 6.07) is 24.6. The van der Waals surface area contributed by atoms with Crippen LogP contribution in [0.1, 0.15) is 55.2 Å². The number of anilines is 1. The zero-order valence-corrected chi connectivity index (χ0v) is 34.2. The van der Waals surface area contributed by atoms with Gasteiger partial charge in [0.25, 0.3) is 0 Å². The van der Waals surface area contributed by atoms with Gasteiger partial charge < -0.3 is 5.11 Å². The Morgan fingerprint density at radius 2 is 1.66 bits per heavy atom. The van der Waals surface area contributed by atoms with E-state index in [4.69, 9.17) is 16.7 Å². The van der Waals surface area contributed by atoms with Crippen molar-refractivity contribution in [2.45, 2.75) is 58.0 Å². The van der Waals surface area contributed by atoms with Crippen molar-refractivity contribution in [2.75, 3.05) is 18.0 Å². The average molecular weight is 814 g/mol. The number of hydrogen-bond donors (Lipinski definition) is 1. The quantitative estimate of drug-likeness (QED) is 0.137. The van der Waals surface area contributed by atoms with E-state index < -0.39 is 35.0 Å². The predicted molar refractivity (Wildman–Crippen MR) is 223 cm³/mol. The molecule has 1 N–H and O–H groups in total. The number of halogens is 1. The van der Waals surface area contributed by atoms with Crippen LogP contribution in [0.2, 0.25) is 5.02 Å². The Kier molecular flexibility index (Phi) is 8.81. The summed E-state index contributed by atoms with van der Waals surface area (Å²) in [5.74, 6) is -3.27. The summed E-state index contributed by atoms with van der Waals surface area (Å²) in [5, 5.41) is 16.8. The molecule has 4 fully saturated rings. The second-order valence-electron chi connectivity index (χ2n) is 17.0. The van der Waals surface area contributed by atoms with Crippen molar-refractivity contribution < 1.29 is 24.3 Å². The standard InChI is InChI=1S/C46H44ClN5O5S/c1-25-33-21-28(47)11-16-37(33)58-41(25)36-23-38(49(3)48-36)52-43(55)35-22-34-31(40(46(35,2)45(52)57)27-9-12-30(53)13-10-27)14-15-32-39(34)44(56)51(42(32)54)29-17-19-50(20-18-29)24-26-7-5-4-6-8-26/h4-14,16,21,23,29,32,34-35,39-40,53H,15,17-20,22,24H2,1-3H3. The molecular formula is C46H44ClN5O5S. The first-order valence-corrected chi connectivity index (χ1v) is 21.4. The van der Waals surface area contributed by atoms with Crippen LogP contribution >= 0.6 is 22.9 Å². The molecule has 0 spiro atoms. The van der Waals surface area contributed by atoms with Crippen molar-refractivity contribution in [1.29, 1.82) is 0 Å². The van der Waals surface area contributed by atoms with Gasteiger partial charge in [0.05, 0.1) is 28.0 Å². The van der Waals surface area contributed by atoms with Crippen LogP contribution in [0.4, 0.5) is 5.82 Å². The van der Waals surface area contributed by atoms with Crippen LogP contribution in [0.5, 0.6) is 5.75 Å². The molecule has 0 bridgehead atoms. The van der Waals surface area contributed by atoms with Gasteiger partial charge in [-0.05, 0) is 97.9 Å². The van der Waals surface area contributed by atoms with Crippen LogP contribution in [0.15, 0.2) is 90.5 Å². The second-order valence-corrected chi connectivity index (χ2v) is 18.5. The maximum Gasteiger partial charge on any atom is 0.242 e. The number of likely N-dealkylation sites (tertiary alicyclic amines) is 2. The van der Waals surface area contributed by atoms with Gasteiger partial charge in [0, 0.05) is 54.4 Å². The number of aromatic hydroxyl groups is 1. The normalized spacial score (nSPS) is 27.7. The number of nitrogens with zero attached hydrogens (tertiary/aromatic N) is 5. The van der Waals surface area contributed by atoms with Crippen molar-refractivity contribution in [3.8, 4) is 16.3 Å². The van der Waals surface area contributed by atoms with E-state index in [-0.39, 0.29) is 41.8 Å². The summed E-state index contributed by atoms with van der Waals surface area (Å²) in [5.41, 5.74) is 3.43. The Morgan fingerprint density at radius 3 is 2.40 bits per heavy atom. The van der Waals surface area contributed by atoms with E-state index in [9.17, 15) is 19.5 Å². The highest BCUT2D eigenvalue weighted by atomic mass is 35.5. The highest BCUT2D eigenvalue weighted by Gasteiger charge is 2.68. The summed E-state index contributed by atoms with van der Waals surface area (Å²) in [6.45, 7) is 6.32. The molecule has 3 saturated heterocycles. The summed E-state index contributed by atoms with van der Waals surface area (Å²) >= 11 is 7.92. The molecule has 12 heteroatoms. The lowest BCUT2D eigenvalue weighted by molar-refractivity contribution is -0.144. The first-order valence-electron chi connectivity index (χ1n) is 20.2. The van der Waals surface area contributed by atoms with Gasteiger partial charge in [0.2, 0.25) is 23.6 Å². The topological polar surface area (TPSA) is 116 Å². The summed E-state index contributed by atoms with van der Waals surface area (Å²) in [7, 11) is 1.75.